The quantitative estimate of drug-likeness (QED) is 0.670. The van der Waals surface area contributed by atoms with E-state index in [2.05, 4.69) is 10.1 Å². The van der Waals surface area contributed by atoms with E-state index in [1.807, 2.05) is 48.5 Å². The van der Waals surface area contributed by atoms with Crippen LogP contribution in [0.3, 0.4) is 0 Å². The lowest BCUT2D eigenvalue weighted by molar-refractivity contribution is 0.0504. The molecule has 0 radical (unpaired) electrons. The molecule has 3 aromatic rings. The summed E-state index contributed by atoms with van der Waals surface area (Å²) < 4.78 is 11.1. The highest BCUT2D eigenvalue weighted by Crippen LogP contribution is 2.25. The maximum absolute atomic E-state index is 13.3. The number of ether oxygens (including phenoxy) is 1. The number of nitrogens with zero attached hydrogens (tertiary/aromatic N) is 3. The third-order valence-corrected chi connectivity index (χ3v) is 4.65. The van der Waals surface area contributed by atoms with Gasteiger partial charge in [0.05, 0.1) is 24.5 Å². The monoisotopic (exact) mass is 363 g/mol. The van der Waals surface area contributed by atoms with E-state index in [-0.39, 0.29) is 12.0 Å². The highest BCUT2D eigenvalue weighted by molar-refractivity contribution is 5.99. The molecular formula is C21H21N3O3. The van der Waals surface area contributed by atoms with Crippen molar-refractivity contribution in [2.24, 2.45) is 0 Å². The summed E-state index contributed by atoms with van der Waals surface area (Å²) in [6.45, 7) is 1.69. The van der Waals surface area contributed by atoms with Crippen molar-refractivity contribution in [1.82, 2.24) is 15.0 Å². The van der Waals surface area contributed by atoms with Crippen molar-refractivity contribution in [2.75, 3.05) is 13.2 Å². The molecule has 0 aliphatic carbocycles. The molecule has 0 spiro atoms. The number of pyridine rings is 1. The molecule has 0 saturated carbocycles. The summed E-state index contributed by atoms with van der Waals surface area (Å²) in [7, 11) is 0. The molecule has 1 fully saturated rings. The Hall–Kier alpha value is -2.99. The first-order chi connectivity index (χ1) is 13.3. The van der Waals surface area contributed by atoms with Crippen LogP contribution in [0.15, 0.2) is 65.4 Å². The molecule has 1 atom stereocenters. The molecule has 1 aliphatic rings. The van der Waals surface area contributed by atoms with E-state index in [1.165, 1.54) is 6.20 Å². The molecule has 27 heavy (non-hydrogen) atoms. The SMILES string of the molecule is O=C(c1cnoc1-c1ccccc1)N(Cc1ccccn1)CC1CCCO1. The fourth-order valence-electron chi connectivity index (χ4n) is 3.30. The molecule has 4 rings (SSSR count). The molecule has 0 bridgehead atoms. The number of aromatic nitrogens is 2. The van der Waals surface area contributed by atoms with Gasteiger partial charge < -0.3 is 14.2 Å². The van der Waals surface area contributed by atoms with Crippen molar-refractivity contribution in [1.29, 1.82) is 0 Å². The van der Waals surface area contributed by atoms with Gasteiger partial charge in [-0.25, -0.2) is 0 Å². The van der Waals surface area contributed by atoms with E-state index >= 15 is 0 Å². The standard InChI is InChI=1S/C21H21N3O3/c25-21(19-13-23-27-20(19)16-7-2-1-3-8-16)24(15-18-10-6-12-26-18)14-17-9-4-5-11-22-17/h1-5,7-9,11,13,18H,6,10,12,14-15H2. The molecule has 0 N–H and O–H groups in total. The van der Waals surface area contributed by atoms with Gasteiger partial charge >= 0.3 is 0 Å². The molecule has 6 heteroatoms. The van der Waals surface area contributed by atoms with Crippen LogP contribution in [0.1, 0.15) is 28.9 Å². The summed E-state index contributed by atoms with van der Waals surface area (Å²) in [5.41, 5.74) is 2.12. The third-order valence-electron chi connectivity index (χ3n) is 4.65. The molecule has 1 aliphatic heterocycles. The van der Waals surface area contributed by atoms with Crippen LogP contribution in [-0.2, 0) is 11.3 Å². The summed E-state index contributed by atoms with van der Waals surface area (Å²) >= 11 is 0. The van der Waals surface area contributed by atoms with Gasteiger partial charge in [0, 0.05) is 24.9 Å². The lowest BCUT2D eigenvalue weighted by Crippen LogP contribution is -2.37. The van der Waals surface area contributed by atoms with E-state index in [4.69, 9.17) is 9.26 Å². The van der Waals surface area contributed by atoms with Crippen molar-refractivity contribution in [3.8, 4) is 11.3 Å². The van der Waals surface area contributed by atoms with Crippen LogP contribution in [0.2, 0.25) is 0 Å². The van der Waals surface area contributed by atoms with Gasteiger partial charge in [0.2, 0.25) is 0 Å². The Morgan fingerprint density at radius 1 is 1.15 bits per heavy atom. The zero-order valence-corrected chi connectivity index (χ0v) is 15.0. The van der Waals surface area contributed by atoms with Gasteiger partial charge in [0.15, 0.2) is 5.76 Å². The first-order valence-electron chi connectivity index (χ1n) is 9.12. The second-order valence-corrected chi connectivity index (χ2v) is 6.58. The third kappa shape index (κ3) is 4.06. The summed E-state index contributed by atoms with van der Waals surface area (Å²) in [5.74, 6) is 0.357. The number of hydrogen-bond donors (Lipinski definition) is 0. The van der Waals surface area contributed by atoms with E-state index < -0.39 is 0 Å². The maximum Gasteiger partial charge on any atom is 0.259 e. The van der Waals surface area contributed by atoms with Crippen LogP contribution >= 0.6 is 0 Å². The van der Waals surface area contributed by atoms with Gasteiger partial charge in [-0.15, -0.1) is 0 Å². The molecule has 3 heterocycles. The average Bonchev–Trinajstić information content (AvgIpc) is 3.40. The van der Waals surface area contributed by atoms with Crippen LogP contribution in [0.25, 0.3) is 11.3 Å². The Balaban J connectivity index is 1.61. The summed E-state index contributed by atoms with van der Waals surface area (Å²) in [6.07, 6.45) is 5.27. The second-order valence-electron chi connectivity index (χ2n) is 6.58. The van der Waals surface area contributed by atoms with Gasteiger partial charge in [-0.3, -0.25) is 9.78 Å². The smallest absolute Gasteiger partial charge is 0.259 e. The highest BCUT2D eigenvalue weighted by atomic mass is 16.5. The summed E-state index contributed by atoms with van der Waals surface area (Å²) in [5, 5.41) is 3.87. The molecule has 1 amide bonds. The lowest BCUT2D eigenvalue weighted by Gasteiger charge is -2.25. The number of rotatable bonds is 6. The van der Waals surface area contributed by atoms with E-state index in [0.717, 1.165) is 30.7 Å². The van der Waals surface area contributed by atoms with Crippen molar-refractivity contribution >= 4 is 5.91 Å². The number of hydrogen-bond acceptors (Lipinski definition) is 5. The first kappa shape index (κ1) is 17.4. The summed E-state index contributed by atoms with van der Waals surface area (Å²) in [4.78, 5) is 19.5. The van der Waals surface area contributed by atoms with E-state index in [9.17, 15) is 4.79 Å². The normalized spacial score (nSPS) is 16.4. The predicted molar refractivity (Wildman–Crippen MR) is 99.9 cm³/mol. The zero-order chi connectivity index (χ0) is 18.5. The van der Waals surface area contributed by atoms with Gasteiger partial charge in [-0.05, 0) is 25.0 Å². The number of carbonyl (C=O) groups excluding carboxylic acids is 1. The van der Waals surface area contributed by atoms with Crippen molar-refractivity contribution in [2.45, 2.75) is 25.5 Å². The van der Waals surface area contributed by atoms with Crippen molar-refractivity contribution in [3.05, 3.63) is 72.2 Å². The second kappa shape index (κ2) is 8.14. The topological polar surface area (TPSA) is 68.5 Å². The molecule has 1 aromatic carbocycles. The van der Waals surface area contributed by atoms with Gasteiger partial charge in [-0.1, -0.05) is 41.6 Å². The highest BCUT2D eigenvalue weighted by Gasteiger charge is 2.27. The zero-order valence-electron chi connectivity index (χ0n) is 15.0. The Labute approximate surface area is 157 Å². The van der Waals surface area contributed by atoms with E-state index in [0.29, 0.717) is 24.4 Å². The lowest BCUT2D eigenvalue weighted by atomic mass is 10.1. The van der Waals surface area contributed by atoms with Crippen LogP contribution < -0.4 is 0 Å². The Morgan fingerprint density at radius 2 is 2.00 bits per heavy atom. The Kier molecular flexibility index (Phi) is 5.25. The average molecular weight is 363 g/mol. The van der Waals surface area contributed by atoms with Gasteiger partial charge in [0.25, 0.3) is 5.91 Å². The van der Waals surface area contributed by atoms with Crippen molar-refractivity contribution < 1.29 is 14.1 Å². The van der Waals surface area contributed by atoms with Gasteiger partial charge in [0.1, 0.15) is 5.56 Å². The predicted octanol–water partition coefficient (Wildman–Crippen LogP) is 3.56. The van der Waals surface area contributed by atoms with Crippen LogP contribution in [0.4, 0.5) is 0 Å². The molecule has 6 nitrogen and oxygen atoms in total. The number of carbonyl (C=O) groups is 1. The van der Waals surface area contributed by atoms with Crippen LogP contribution in [0.5, 0.6) is 0 Å². The molecule has 138 valence electrons. The Bertz CT molecular complexity index is 874. The molecule has 1 saturated heterocycles. The number of benzene rings is 1. The Morgan fingerprint density at radius 3 is 2.74 bits per heavy atom. The number of amides is 1. The minimum Gasteiger partial charge on any atom is -0.376 e. The van der Waals surface area contributed by atoms with Crippen LogP contribution in [-0.4, -0.2) is 40.2 Å². The largest absolute Gasteiger partial charge is 0.376 e. The maximum atomic E-state index is 13.3. The molecule has 1 unspecified atom stereocenters. The van der Waals surface area contributed by atoms with Gasteiger partial charge in [-0.2, -0.15) is 0 Å². The van der Waals surface area contributed by atoms with E-state index in [1.54, 1.807) is 11.1 Å². The van der Waals surface area contributed by atoms with Crippen LogP contribution in [0, 0.1) is 0 Å². The molecule has 2 aromatic heterocycles. The minimum atomic E-state index is -0.128. The fraction of sp³-hybridized carbons (Fsp3) is 0.286. The minimum absolute atomic E-state index is 0.0534. The summed E-state index contributed by atoms with van der Waals surface area (Å²) in [6, 6.07) is 15.2. The van der Waals surface area contributed by atoms with Crippen molar-refractivity contribution in [3.63, 3.8) is 0 Å². The first-order valence-corrected chi connectivity index (χ1v) is 9.12. The molecular weight excluding hydrogens is 342 g/mol. The fourth-order valence-corrected chi connectivity index (χ4v) is 3.30.